The Labute approximate surface area is 175 Å². The second-order valence-corrected chi connectivity index (χ2v) is 11.7. The molecule has 1 fully saturated rings. The number of nitrogens with zero attached hydrogens (tertiary/aromatic N) is 2. The quantitative estimate of drug-likeness (QED) is 0.314. The molecule has 0 saturated heterocycles. The number of hydrogen-bond acceptors (Lipinski definition) is 6. The zero-order chi connectivity index (χ0) is 17.9. The fourth-order valence-corrected chi connectivity index (χ4v) is 9.97. The average Bonchev–Trinajstić information content (AvgIpc) is 2.61. The first-order valence-corrected chi connectivity index (χ1v) is 14.1. The van der Waals surface area contributed by atoms with E-state index in [9.17, 15) is 0 Å². The third kappa shape index (κ3) is 7.82. The molecule has 1 saturated carbocycles. The van der Waals surface area contributed by atoms with E-state index < -0.39 is 0 Å². The highest BCUT2D eigenvalue weighted by Gasteiger charge is 2.28. The van der Waals surface area contributed by atoms with Crippen LogP contribution in [0.5, 0.6) is 0 Å². The fourth-order valence-electron chi connectivity index (χ4n) is 2.56. The predicted octanol–water partition coefficient (Wildman–Crippen LogP) is 6.31. The molecule has 0 N–H and O–H groups in total. The first kappa shape index (κ1) is 23.2. The van der Waals surface area contributed by atoms with E-state index in [1.807, 2.05) is 21.6 Å². The molecule has 0 amide bonds. The normalized spacial score (nSPS) is 20.7. The molecule has 0 aromatic carbocycles. The van der Waals surface area contributed by atoms with Crippen molar-refractivity contribution in [3.63, 3.8) is 0 Å². The third-order valence-corrected chi connectivity index (χ3v) is 11.6. The number of hydrogen-bond donors (Lipinski definition) is 0. The summed E-state index contributed by atoms with van der Waals surface area (Å²) in [6.07, 6.45) is 5.29. The lowest BCUT2D eigenvalue weighted by atomic mass is 10.00. The maximum absolute atomic E-state index is 5.58. The van der Waals surface area contributed by atoms with Crippen LogP contribution in [0.4, 0.5) is 0 Å². The molecule has 0 aliphatic heterocycles. The molecule has 0 radical (unpaired) electrons. The van der Waals surface area contributed by atoms with E-state index in [1.165, 1.54) is 25.7 Å². The van der Waals surface area contributed by atoms with Crippen LogP contribution in [-0.2, 0) is 0 Å². The van der Waals surface area contributed by atoms with Crippen molar-refractivity contribution in [2.75, 3.05) is 26.2 Å². The maximum atomic E-state index is 5.58. The Bertz CT molecular complexity index is 349. The van der Waals surface area contributed by atoms with Gasteiger partial charge in [-0.3, -0.25) is 0 Å². The summed E-state index contributed by atoms with van der Waals surface area (Å²) in [6, 6.07) is 0. The molecule has 8 heteroatoms. The van der Waals surface area contributed by atoms with Crippen LogP contribution in [0.2, 0.25) is 0 Å². The fraction of sp³-hybridized carbons (Fsp3) is 0.875. The molecule has 0 aromatic rings. The summed E-state index contributed by atoms with van der Waals surface area (Å²) in [5, 5.41) is 1.35. The average molecular weight is 443 g/mol. The summed E-state index contributed by atoms with van der Waals surface area (Å²) in [6.45, 7) is 12.7. The van der Waals surface area contributed by atoms with E-state index in [-0.39, 0.29) is 0 Å². The molecule has 1 rings (SSSR count). The van der Waals surface area contributed by atoms with Gasteiger partial charge < -0.3 is 9.80 Å². The summed E-state index contributed by atoms with van der Waals surface area (Å²) in [5.74, 6) is 0. The highest BCUT2D eigenvalue weighted by Crippen LogP contribution is 2.45. The lowest BCUT2D eigenvalue weighted by Gasteiger charge is -2.31. The Hall–Kier alpha value is 1.18. The van der Waals surface area contributed by atoms with Crippen LogP contribution in [0.25, 0.3) is 0 Å². The SMILES string of the molecule is CCN(CC)C(=S)SSC1CCCCC1SSC(=S)N(CC)CC. The van der Waals surface area contributed by atoms with Gasteiger partial charge >= 0.3 is 0 Å². The summed E-state index contributed by atoms with van der Waals surface area (Å²) in [7, 11) is 7.58. The van der Waals surface area contributed by atoms with Crippen LogP contribution in [0.15, 0.2) is 0 Å². The summed E-state index contributed by atoms with van der Waals surface area (Å²) >= 11 is 11.2. The highest BCUT2D eigenvalue weighted by atomic mass is 33.1. The Morgan fingerprint density at radius 1 is 0.750 bits per heavy atom. The zero-order valence-electron chi connectivity index (χ0n) is 15.2. The first-order valence-electron chi connectivity index (χ1n) is 8.81. The van der Waals surface area contributed by atoms with Crippen molar-refractivity contribution in [1.29, 1.82) is 0 Å². The minimum atomic E-state index is 0.675. The van der Waals surface area contributed by atoms with E-state index in [2.05, 4.69) is 37.5 Å². The van der Waals surface area contributed by atoms with Gasteiger partial charge in [0.25, 0.3) is 0 Å². The van der Waals surface area contributed by atoms with E-state index in [1.54, 1.807) is 21.6 Å². The standard InChI is InChI=1S/C16H30N2S6/c1-5-17(6-2)15(19)23-21-13-11-9-10-12-14(13)22-24-16(20)18(7-3)8-4/h13-14H,5-12H2,1-4H3. The van der Waals surface area contributed by atoms with Crippen molar-refractivity contribution in [1.82, 2.24) is 9.80 Å². The molecule has 1 aliphatic carbocycles. The van der Waals surface area contributed by atoms with Crippen LogP contribution in [0.1, 0.15) is 53.4 Å². The van der Waals surface area contributed by atoms with Crippen molar-refractivity contribution in [2.24, 2.45) is 0 Å². The van der Waals surface area contributed by atoms with Gasteiger partial charge in [0.05, 0.1) is 0 Å². The molecule has 2 nitrogen and oxygen atoms in total. The lowest BCUT2D eigenvalue weighted by Crippen LogP contribution is -2.28. The van der Waals surface area contributed by atoms with Gasteiger partial charge in [-0.15, -0.1) is 0 Å². The Morgan fingerprint density at radius 3 is 1.38 bits per heavy atom. The second kappa shape index (κ2) is 13.4. The first-order chi connectivity index (χ1) is 11.6. The topological polar surface area (TPSA) is 6.48 Å². The molecular weight excluding hydrogens is 413 g/mol. The Balaban J connectivity index is 2.47. The van der Waals surface area contributed by atoms with E-state index >= 15 is 0 Å². The third-order valence-electron chi connectivity index (χ3n) is 4.17. The minimum Gasteiger partial charge on any atom is -0.357 e. The number of rotatable bonds is 8. The van der Waals surface area contributed by atoms with Gasteiger partial charge in [0.1, 0.15) is 8.64 Å². The molecule has 0 bridgehead atoms. The van der Waals surface area contributed by atoms with Gasteiger partial charge in [0, 0.05) is 36.7 Å². The molecular formula is C16H30N2S6. The van der Waals surface area contributed by atoms with Gasteiger partial charge in [-0.25, -0.2) is 0 Å². The van der Waals surface area contributed by atoms with Crippen molar-refractivity contribution < 1.29 is 0 Å². The van der Waals surface area contributed by atoms with Gasteiger partial charge in [-0.2, -0.15) is 0 Å². The molecule has 0 aromatic heterocycles. The summed E-state index contributed by atoms with van der Waals surface area (Å²) in [5.41, 5.74) is 0. The summed E-state index contributed by atoms with van der Waals surface area (Å²) in [4.78, 5) is 4.53. The van der Waals surface area contributed by atoms with Crippen molar-refractivity contribution in [3.8, 4) is 0 Å². The van der Waals surface area contributed by atoms with Gasteiger partial charge in [0.2, 0.25) is 0 Å². The minimum absolute atomic E-state index is 0.675. The molecule has 24 heavy (non-hydrogen) atoms. The van der Waals surface area contributed by atoms with Crippen molar-refractivity contribution >= 4 is 76.3 Å². The monoisotopic (exact) mass is 442 g/mol. The van der Waals surface area contributed by atoms with E-state index in [0.717, 1.165) is 34.8 Å². The van der Waals surface area contributed by atoms with Gasteiger partial charge in [-0.1, -0.05) is 58.9 Å². The highest BCUT2D eigenvalue weighted by molar-refractivity contribution is 8.85. The van der Waals surface area contributed by atoms with Crippen molar-refractivity contribution in [3.05, 3.63) is 0 Å². The molecule has 140 valence electrons. The molecule has 1 aliphatic rings. The number of thiocarbonyl (C=S) groups is 2. The molecule has 2 atom stereocenters. The van der Waals surface area contributed by atoms with Crippen LogP contribution < -0.4 is 0 Å². The largest absolute Gasteiger partial charge is 0.357 e. The molecule has 0 heterocycles. The van der Waals surface area contributed by atoms with Gasteiger partial charge in [-0.05, 0) is 62.1 Å². The van der Waals surface area contributed by atoms with E-state index in [4.69, 9.17) is 24.4 Å². The smallest absolute Gasteiger partial charge is 0.147 e. The molecule has 2 unspecified atom stereocenters. The van der Waals surface area contributed by atoms with Crippen LogP contribution in [-0.4, -0.2) is 55.1 Å². The second-order valence-electron chi connectivity index (χ2n) is 5.60. The van der Waals surface area contributed by atoms with Crippen LogP contribution in [0.3, 0.4) is 0 Å². The van der Waals surface area contributed by atoms with E-state index in [0.29, 0.717) is 10.5 Å². The molecule has 0 spiro atoms. The lowest BCUT2D eigenvalue weighted by molar-refractivity contribution is 0.482. The van der Waals surface area contributed by atoms with Crippen LogP contribution >= 0.6 is 67.6 Å². The predicted molar refractivity (Wildman–Crippen MR) is 127 cm³/mol. The maximum Gasteiger partial charge on any atom is 0.147 e. The van der Waals surface area contributed by atoms with Gasteiger partial charge in [0.15, 0.2) is 0 Å². The Morgan fingerprint density at radius 2 is 1.08 bits per heavy atom. The zero-order valence-corrected chi connectivity index (χ0v) is 20.1. The van der Waals surface area contributed by atoms with Crippen molar-refractivity contribution in [2.45, 2.75) is 63.9 Å². The van der Waals surface area contributed by atoms with Crippen LogP contribution in [0, 0.1) is 0 Å². The summed E-state index contributed by atoms with van der Waals surface area (Å²) < 4.78 is 2.07. The Kier molecular flexibility index (Phi) is 12.9.